The van der Waals surface area contributed by atoms with E-state index in [1.54, 1.807) is 0 Å². The number of methoxy groups -OCH3 is 1. The highest BCUT2D eigenvalue weighted by Crippen LogP contribution is 2.29. The van der Waals surface area contributed by atoms with E-state index in [1.165, 1.54) is 41.6 Å². The van der Waals surface area contributed by atoms with Crippen molar-refractivity contribution in [3.05, 3.63) is 64.2 Å². The molecule has 2 aromatic carbocycles. The van der Waals surface area contributed by atoms with Gasteiger partial charge in [0, 0.05) is 24.7 Å². The number of sulfonamides is 1. The van der Waals surface area contributed by atoms with Crippen LogP contribution in [0.1, 0.15) is 21.5 Å². The highest BCUT2D eigenvalue weighted by Gasteiger charge is 2.28. The molecule has 0 aromatic heterocycles. The van der Waals surface area contributed by atoms with E-state index in [1.807, 2.05) is 0 Å². The number of carbonyl (C=O) groups excluding carboxylic acids is 1. The molecule has 0 saturated carbocycles. The van der Waals surface area contributed by atoms with E-state index >= 15 is 0 Å². The molecule has 0 aliphatic heterocycles. The summed E-state index contributed by atoms with van der Waals surface area (Å²) in [5.41, 5.74) is -0.860. The summed E-state index contributed by atoms with van der Waals surface area (Å²) in [5, 5.41) is 8.53. The van der Waals surface area contributed by atoms with Crippen LogP contribution in [0.15, 0.2) is 24.3 Å². The maximum absolute atomic E-state index is 14.2. The summed E-state index contributed by atoms with van der Waals surface area (Å²) in [6, 6.07) is 4.82. The Hall–Kier alpha value is -2.70. The molecule has 0 spiro atoms. The van der Waals surface area contributed by atoms with Crippen LogP contribution >= 0.6 is 0 Å². The Morgan fingerprint density at radius 2 is 1.59 bits per heavy atom. The van der Waals surface area contributed by atoms with Gasteiger partial charge < -0.3 is 4.74 Å². The zero-order valence-electron chi connectivity index (χ0n) is 14.9. The van der Waals surface area contributed by atoms with E-state index in [9.17, 15) is 30.8 Å². The summed E-state index contributed by atoms with van der Waals surface area (Å²) in [4.78, 5) is 11.2. The third kappa shape index (κ3) is 5.22. The van der Waals surface area contributed by atoms with Crippen LogP contribution in [0.25, 0.3) is 0 Å². The first-order chi connectivity index (χ1) is 13.6. The molecule has 158 valence electrons. The van der Waals surface area contributed by atoms with Crippen molar-refractivity contribution in [3.8, 4) is 0 Å². The molecule has 0 heterocycles. The van der Waals surface area contributed by atoms with Gasteiger partial charge in [-0.2, -0.15) is 0 Å². The maximum atomic E-state index is 14.2. The van der Waals surface area contributed by atoms with E-state index in [-0.39, 0.29) is 17.7 Å². The molecule has 0 atom stereocenters. The van der Waals surface area contributed by atoms with Crippen LogP contribution in [-0.4, -0.2) is 33.2 Å². The number of anilines is 1. The summed E-state index contributed by atoms with van der Waals surface area (Å²) < 4.78 is 87.0. The summed E-state index contributed by atoms with van der Waals surface area (Å²) in [6.07, 6.45) is -0.456. The average Bonchev–Trinajstić information content (AvgIpc) is 2.69. The molecule has 0 radical (unpaired) electrons. The van der Waals surface area contributed by atoms with Gasteiger partial charge in [-0.15, -0.1) is 0 Å². The minimum absolute atomic E-state index is 0.0227. The van der Waals surface area contributed by atoms with E-state index < -0.39 is 62.6 Å². The SMILES string of the molecule is COCCc1c(F)c(F)c(NS(=O)(=O)Cc2ccc(C(=O)NO)cc2)c(F)c1F. The molecule has 0 aliphatic rings. The van der Waals surface area contributed by atoms with Gasteiger partial charge in [-0.05, 0) is 17.7 Å². The lowest BCUT2D eigenvalue weighted by Crippen LogP contribution is -2.20. The lowest BCUT2D eigenvalue weighted by atomic mass is 10.1. The van der Waals surface area contributed by atoms with Crippen molar-refractivity contribution in [1.29, 1.82) is 0 Å². The molecule has 2 rings (SSSR count). The molecule has 2 aromatic rings. The largest absolute Gasteiger partial charge is 0.384 e. The fourth-order valence-electron chi connectivity index (χ4n) is 2.42. The number of amides is 1. The summed E-state index contributed by atoms with van der Waals surface area (Å²) in [5.74, 6) is -8.85. The number of halogens is 4. The van der Waals surface area contributed by atoms with Crippen molar-refractivity contribution in [1.82, 2.24) is 5.48 Å². The molecular formula is C17H16F4N2O5S. The Morgan fingerprint density at radius 1 is 1.03 bits per heavy atom. The van der Waals surface area contributed by atoms with Gasteiger partial charge in [0.2, 0.25) is 10.0 Å². The standard InChI is InChI=1S/C17H16F4N2O5S/c1-28-7-6-11-12(18)14(20)16(15(21)13(11)19)23-29(26,27)8-9-2-4-10(5-3-9)17(24)22-25/h2-5,23,25H,6-8H2,1H3,(H,22,24). The Kier molecular flexibility index (Phi) is 7.16. The predicted molar refractivity (Wildman–Crippen MR) is 93.8 cm³/mol. The Morgan fingerprint density at radius 3 is 2.07 bits per heavy atom. The lowest BCUT2D eigenvalue weighted by molar-refractivity contribution is 0.0706. The number of hydroxylamine groups is 1. The second-order valence-corrected chi connectivity index (χ2v) is 7.57. The first-order valence-electron chi connectivity index (χ1n) is 7.99. The quantitative estimate of drug-likeness (QED) is 0.255. The second-order valence-electron chi connectivity index (χ2n) is 5.85. The molecule has 0 aliphatic carbocycles. The van der Waals surface area contributed by atoms with Crippen LogP contribution in [0.4, 0.5) is 23.2 Å². The van der Waals surface area contributed by atoms with E-state index in [0.29, 0.717) is 0 Å². The van der Waals surface area contributed by atoms with Crippen LogP contribution in [0.3, 0.4) is 0 Å². The zero-order chi connectivity index (χ0) is 21.8. The van der Waals surface area contributed by atoms with Gasteiger partial charge in [-0.25, -0.2) is 31.5 Å². The number of rotatable bonds is 8. The van der Waals surface area contributed by atoms with Crippen LogP contribution in [0, 0.1) is 23.3 Å². The van der Waals surface area contributed by atoms with Gasteiger partial charge in [-0.1, -0.05) is 12.1 Å². The van der Waals surface area contributed by atoms with Crippen LogP contribution < -0.4 is 10.2 Å². The van der Waals surface area contributed by atoms with Crippen molar-refractivity contribution in [2.45, 2.75) is 12.2 Å². The lowest BCUT2D eigenvalue weighted by Gasteiger charge is -2.14. The molecule has 0 saturated heterocycles. The van der Waals surface area contributed by atoms with Gasteiger partial charge in [0.25, 0.3) is 5.91 Å². The van der Waals surface area contributed by atoms with E-state index in [2.05, 4.69) is 4.74 Å². The van der Waals surface area contributed by atoms with Crippen LogP contribution in [0.2, 0.25) is 0 Å². The Labute approximate surface area is 163 Å². The fourth-order valence-corrected chi connectivity index (χ4v) is 3.61. The van der Waals surface area contributed by atoms with Crippen molar-refractivity contribution >= 4 is 21.6 Å². The molecule has 29 heavy (non-hydrogen) atoms. The Balaban J connectivity index is 2.29. The van der Waals surface area contributed by atoms with Crippen LogP contribution in [0.5, 0.6) is 0 Å². The third-order valence-corrected chi connectivity index (χ3v) is 5.07. The van der Waals surface area contributed by atoms with Gasteiger partial charge >= 0.3 is 0 Å². The molecule has 0 fully saturated rings. The summed E-state index contributed by atoms with van der Waals surface area (Å²) >= 11 is 0. The number of hydrogen-bond donors (Lipinski definition) is 3. The summed E-state index contributed by atoms with van der Waals surface area (Å²) in [6.45, 7) is -0.206. The minimum Gasteiger partial charge on any atom is -0.384 e. The monoisotopic (exact) mass is 436 g/mol. The van der Waals surface area contributed by atoms with E-state index in [0.717, 1.165) is 0 Å². The number of benzene rings is 2. The molecular weight excluding hydrogens is 420 g/mol. The third-order valence-electron chi connectivity index (χ3n) is 3.84. The molecule has 1 amide bonds. The normalized spacial score (nSPS) is 11.4. The highest BCUT2D eigenvalue weighted by atomic mass is 32.2. The first kappa shape index (κ1) is 22.6. The number of ether oxygens (including phenoxy) is 1. The molecule has 0 unspecified atom stereocenters. The molecule has 3 N–H and O–H groups in total. The minimum atomic E-state index is -4.47. The van der Waals surface area contributed by atoms with Gasteiger partial charge in [-0.3, -0.25) is 14.7 Å². The Bertz CT molecular complexity index is 984. The maximum Gasteiger partial charge on any atom is 0.274 e. The summed E-state index contributed by atoms with van der Waals surface area (Å²) in [7, 11) is -3.24. The van der Waals surface area contributed by atoms with Crippen molar-refractivity contribution < 1.29 is 40.7 Å². The zero-order valence-corrected chi connectivity index (χ0v) is 15.7. The number of nitrogens with one attached hydrogen (secondary N) is 2. The predicted octanol–water partition coefficient (Wildman–Crippen LogP) is 2.49. The van der Waals surface area contributed by atoms with Crippen molar-refractivity contribution in [2.75, 3.05) is 18.4 Å². The van der Waals surface area contributed by atoms with Crippen LogP contribution in [-0.2, 0) is 26.9 Å². The molecule has 12 heteroatoms. The second kappa shape index (κ2) is 9.20. The van der Waals surface area contributed by atoms with Crippen molar-refractivity contribution in [3.63, 3.8) is 0 Å². The fraction of sp³-hybridized carbons (Fsp3) is 0.235. The average molecular weight is 436 g/mol. The van der Waals surface area contributed by atoms with Crippen molar-refractivity contribution in [2.24, 2.45) is 0 Å². The highest BCUT2D eigenvalue weighted by molar-refractivity contribution is 7.91. The smallest absolute Gasteiger partial charge is 0.274 e. The number of hydrogen-bond acceptors (Lipinski definition) is 5. The first-order valence-corrected chi connectivity index (χ1v) is 9.64. The van der Waals surface area contributed by atoms with Gasteiger partial charge in [0.1, 0.15) is 5.69 Å². The topological polar surface area (TPSA) is 105 Å². The van der Waals surface area contributed by atoms with Gasteiger partial charge in [0.15, 0.2) is 23.3 Å². The molecule has 7 nitrogen and oxygen atoms in total. The van der Waals surface area contributed by atoms with E-state index in [4.69, 9.17) is 5.21 Å². The van der Waals surface area contributed by atoms with Gasteiger partial charge in [0.05, 0.1) is 12.4 Å². The molecule has 0 bridgehead atoms. The number of carbonyl (C=O) groups is 1.